The first-order valence-corrected chi connectivity index (χ1v) is 6.50. The predicted molar refractivity (Wildman–Crippen MR) is 69.8 cm³/mol. The summed E-state index contributed by atoms with van der Waals surface area (Å²) in [6, 6.07) is 2.05. The standard InChI is InChI=1S/C14H23N3/c1-10(2)7-16-8-11-13(14(11,3)4)12-5-6-15-9-17-12/h5-6,9-11,13,16H,7-8H2,1-4H3. The summed E-state index contributed by atoms with van der Waals surface area (Å²) in [7, 11) is 0. The highest BCUT2D eigenvalue weighted by Gasteiger charge is 2.58. The molecule has 1 heterocycles. The van der Waals surface area contributed by atoms with Crippen LogP contribution in [0.4, 0.5) is 0 Å². The van der Waals surface area contributed by atoms with Gasteiger partial charge in [0.1, 0.15) is 6.33 Å². The Hall–Kier alpha value is -0.960. The molecule has 0 aromatic carbocycles. The quantitative estimate of drug-likeness (QED) is 0.849. The number of nitrogens with zero attached hydrogens (tertiary/aromatic N) is 2. The molecule has 1 aliphatic carbocycles. The van der Waals surface area contributed by atoms with Gasteiger partial charge in [-0.2, -0.15) is 0 Å². The normalized spacial score (nSPS) is 26.2. The Kier molecular flexibility index (Phi) is 3.48. The fourth-order valence-electron chi connectivity index (χ4n) is 2.72. The van der Waals surface area contributed by atoms with Crippen molar-refractivity contribution in [2.24, 2.45) is 17.3 Å². The number of nitrogens with one attached hydrogen (secondary N) is 1. The zero-order chi connectivity index (χ0) is 12.5. The highest BCUT2D eigenvalue weighted by atomic mass is 14.9. The van der Waals surface area contributed by atoms with E-state index in [-0.39, 0.29) is 0 Å². The Morgan fingerprint density at radius 2 is 2.18 bits per heavy atom. The van der Waals surface area contributed by atoms with Crippen LogP contribution in [0.25, 0.3) is 0 Å². The first-order valence-electron chi connectivity index (χ1n) is 6.50. The third-order valence-corrected chi connectivity index (χ3v) is 3.89. The number of hydrogen-bond acceptors (Lipinski definition) is 3. The van der Waals surface area contributed by atoms with Crippen LogP contribution in [0, 0.1) is 17.3 Å². The van der Waals surface area contributed by atoms with E-state index >= 15 is 0 Å². The highest BCUT2D eigenvalue weighted by Crippen LogP contribution is 2.63. The van der Waals surface area contributed by atoms with E-state index in [4.69, 9.17) is 0 Å². The van der Waals surface area contributed by atoms with Crippen LogP contribution in [0.15, 0.2) is 18.6 Å². The summed E-state index contributed by atoms with van der Waals surface area (Å²) < 4.78 is 0. The molecule has 0 amide bonds. The van der Waals surface area contributed by atoms with Crippen molar-refractivity contribution >= 4 is 0 Å². The van der Waals surface area contributed by atoms with Gasteiger partial charge in [-0.05, 0) is 36.4 Å². The second-order valence-electron chi connectivity index (χ2n) is 6.09. The van der Waals surface area contributed by atoms with Gasteiger partial charge >= 0.3 is 0 Å². The first kappa shape index (κ1) is 12.5. The molecular weight excluding hydrogens is 210 g/mol. The predicted octanol–water partition coefficient (Wildman–Crippen LogP) is 2.46. The van der Waals surface area contributed by atoms with E-state index < -0.39 is 0 Å². The van der Waals surface area contributed by atoms with Crippen LogP contribution >= 0.6 is 0 Å². The summed E-state index contributed by atoms with van der Waals surface area (Å²) in [6.07, 6.45) is 3.50. The average Bonchev–Trinajstić information content (AvgIpc) is 2.81. The molecule has 0 spiro atoms. The molecule has 1 aliphatic rings. The molecule has 0 saturated heterocycles. The molecule has 2 unspecified atom stereocenters. The molecule has 2 atom stereocenters. The van der Waals surface area contributed by atoms with Gasteiger partial charge in [-0.15, -0.1) is 0 Å². The molecule has 1 fully saturated rings. The number of aromatic nitrogens is 2. The minimum absolute atomic E-state index is 0.373. The summed E-state index contributed by atoms with van der Waals surface area (Å²) in [4.78, 5) is 8.38. The number of rotatable bonds is 5. The van der Waals surface area contributed by atoms with Crippen LogP contribution in [0.1, 0.15) is 39.3 Å². The van der Waals surface area contributed by atoms with Gasteiger partial charge in [-0.25, -0.2) is 9.97 Å². The second-order valence-corrected chi connectivity index (χ2v) is 6.09. The Morgan fingerprint density at radius 1 is 1.41 bits per heavy atom. The van der Waals surface area contributed by atoms with Crippen molar-refractivity contribution in [2.75, 3.05) is 13.1 Å². The SMILES string of the molecule is CC(C)CNCC1C(c2ccncn2)C1(C)C. The van der Waals surface area contributed by atoms with Crippen molar-refractivity contribution in [3.63, 3.8) is 0 Å². The fraction of sp³-hybridized carbons (Fsp3) is 0.714. The highest BCUT2D eigenvalue weighted by molar-refractivity contribution is 5.25. The average molecular weight is 233 g/mol. The molecule has 0 bridgehead atoms. The maximum atomic E-state index is 4.39. The molecule has 1 saturated carbocycles. The molecule has 94 valence electrons. The molecule has 3 nitrogen and oxygen atoms in total. The van der Waals surface area contributed by atoms with Crippen LogP contribution in [-0.2, 0) is 0 Å². The van der Waals surface area contributed by atoms with Crippen LogP contribution in [0.5, 0.6) is 0 Å². The fourth-order valence-corrected chi connectivity index (χ4v) is 2.72. The monoisotopic (exact) mass is 233 g/mol. The smallest absolute Gasteiger partial charge is 0.115 e. The van der Waals surface area contributed by atoms with E-state index in [1.54, 1.807) is 6.33 Å². The van der Waals surface area contributed by atoms with Crippen LogP contribution in [-0.4, -0.2) is 23.1 Å². The minimum atomic E-state index is 0.373. The van der Waals surface area contributed by atoms with Gasteiger partial charge in [0.15, 0.2) is 0 Å². The first-order chi connectivity index (χ1) is 8.03. The van der Waals surface area contributed by atoms with E-state index in [9.17, 15) is 0 Å². The van der Waals surface area contributed by atoms with Crippen molar-refractivity contribution in [3.05, 3.63) is 24.3 Å². The topological polar surface area (TPSA) is 37.8 Å². The van der Waals surface area contributed by atoms with Gasteiger partial charge < -0.3 is 5.32 Å². The van der Waals surface area contributed by atoms with E-state index in [2.05, 4.69) is 49.0 Å². The van der Waals surface area contributed by atoms with E-state index in [1.165, 1.54) is 5.69 Å². The van der Waals surface area contributed by atoms with Gasteiger partial charge in [-0.3, -0.25) is 0 Å². The largest absolute Gasteiger partial charge is 0.316 e. The molecule has 0 aliphatic heterocycles. The van der Waals surface area contributed by atoms with Crippen molar-refractivity contribution in [2.45, 2.75) is 33.6 Å². The molecule has 17 heavy (non-hydrogen) atoms. The summed E-state index contributed by atoms with van der Waals surface area (Å²) in [5, 5.41) is 3.56. The van der Waals surface area contributed by atoms with Gasteiger partial charge in [0.2, 0.25) is 0 Å². The van der Waals surface area contributed by atoms with Crippen molar-refractivity contribution in [1.29, 1.82) is 0 Å². The Morgan fingerprint density at radius 3 is 2.76 bits per heavy atom. The zero-order valence-corrected chi connectivity index (χ0v) is 11.3. The Balaban J connectivity index is 1.93. The van der Waals surface area contributed by atoms with Gasteiger partial charge in [0, 0.05) is 17.8 Å². The summed E-state index contributed by atoms with van der Waals surface area (Å²) >= 11 is 0. The molecule has 1 N–H and O–H groups in total. The Labute approximate surface area is 104 Å². The van der Waals surface area contributed by atoms with Crippen LogP contribution in [0.2, 0.25) is 0 Å². The molecule has 0 radical (unpaired) electrons. The third kappa shape index (κ3) is 2.65. The lowest BCUT2D eigenvalue weighted by molar-refractivity contribution is 0.487. The van der Waals surface area contributed by atoms with E-state index in [1.807, 2.05) is 6.20 Å². The summed E-state index contributed by atoms with van der Waals surface area (Å²) in [5.74, 6) is 2.01. The lowest BCUT2D eigenvalue weighted by atomic mass is 10.1. The Bertz CT molecular complexity index is 359. The lowest BCUT2D eigenvalue weighted by Crippen LogP contribution is -2.23. The molecule has 3 heteroatoms. The van der Waals surface area contributed by atoms with Crippen molar-refractivity contribution in [1.82, 2.24) is 15.3 Å². The van der Waals surface area contributed by atoms with Crippen LogP contribution < -0.4 is 5.32 Å². The summed E-state index contributed by atoms with van der Waals surface area (Å²) in [5.41, 5.74) is 1.57. The molecule has 2 rings (SSSR count). The van der Waals surface area contributed by atoms with Gasteiger partial charge in [-0.1, -0.05) is 27.7 Å². The lowest BCUT2D eigenvalue weighted by Gasteiger charge is -2.07. The van der Waals surface area contributed by atoms with Crippen molar-refractivity contribution < 1.29 is 0 Å². The summed E-state index contributed by atoms with van der Waals surface area (Å²) in [6.45, 7) is 11.4. The van der Waals surface area contributed by atoms with Crippen LogP contribution in [0.3, 0.4) is 0 Å². The third-order valence-electron chi connectivity index (χ3n) is 3.89. The second kappa shape index (κ2) is 4.73. The van der Waals surface area contributed by atoms with Crippen molar-refractivity contribution in [3.8, 4) is 0 Å². The molecular formula is C14H23N3. The maximum absolute atomic E-state index is 4.39. The molecule has 1 aromatic heterocycles. The molecule has 1 aromatic rings. The van der Waals surface area contributed by atoms with E-state index in [0.717, 1.165) is 19.0 Å². The van der Waals surface area contributed by atoms with E-state index in [0.29, 0.717) is 17.3 Å². The van der Waals surface area contributed by atoms with Gasteiger partial charge in [0.25, 0.3) is 0 Å². The minimum Gasteiger partial charge on any atom is -0.316 e. The number of hydrogen-bond donors (Lipinski definition) is 1. The maximum Gasteiger partial charge on any atom is 0.115 e. The van der Waals surface area contributed by atoms with Gasteiger partial charge in [0.05, 0.1) is 0 Å². The zero-order valence-electron chi connectivity index (χ0n) is 11.3.